The molecular formula is C13H20BrN3O. The van der Waals surface area contributed by atoms with Crippen LogP contribution in [0.3, 0.4) is 0 Å². The largest absolute Gasteiger partial charge is 0.308 e. The van der Waals surface area contributed by atoms with Gasteiger partial charge in [0.1, 0.15) is 5.78 Å². The summed E-state index contributed by atoms with van der Waals surface area (Å²) in [5, 5.41) is 4.42. The van der Waals surface area contributed by atoms with Crippen LogP contribution in [0, 0.1) is 0 Å². The van der Waals surface area contributed by atoms with Crippen LogP contribution >= 0.6 is 15.9 Å². The molecular weight excluding hydrogens is 294 g/mol. The summed E-state index contributed by atoms with van der Waals surface area (Å²) >= 11 is 3.57. The Morgan fingerprint density at radius 2 is 2.33 bits per heavy atom. The Bertz CT molecular complexity index is 428. The number of carbonyl (C=O) groups excluding carboxylic acids is 1. The van der Waals surface area contributed by atoms with E-state index < -0.39 is 0 Å². The van der Waals surface area contributed by atoms with Gasteiger partial charge >= 0.3 is 0 Å². The molecule has 0 N–H and O–H groups in total. The number of aromatic nitrogens is 2. The fourth-order valence-corrected chi connectivity index (χ4v) is 3.13. The van der Waals surface area contributed by atoms with E-state index in [0.717, 1.165) is 36.8 Å². The summed E-state index contributed by atoms with van der Waals surface area (Å²) in [6, 6.07) is 0. The molecule has 0 spiro atoms. The molecule has 1 aliphatic rings. The van der Waals surface area contributed by atoms with Gasteiger partial charge in [0.2, 0.25) is 0 Å². The van der Waals surface area contributed by atoms with Crippen LogP contribution in [0.15, 0.2) is 10.7 Å². The van der Waals surface area contributed by atoms with Crippen molar-refractivity contribution in [2.45, 2.75) is 38.1 Å². The summed E-state index contributed by atoms with van der Waals surface area (Å²) in [6.07, 6.45) is 5.38. The van der Waals surface area contributed by atoms with Gasteiger partial charge in [-0.05, 0) is 42.9 Å². The van der Waals surface area contributed by atoms with E-state index in [0.29, 0.717) is 18.1 Å². The second kappa shape index (κ2) is 5.97. The Kier molecular flexibility index (Phi) is 4.56. The molecule has 1 fully saturated rings. The maximum atomic E-state index is 11.6. The molecule has 0 amide bonds. The van der Waals surface area contributed by atoms with Gasteiger partial charge in [-0.25, -0.2) is 0 Å². The number of hydrogen-bond donors (Lipinski definition) is 0. The molecule has 4 nitrogen and oxygen atoms in total. The summed E-state index contributed by atoms with van der Waals surface area (Å²) in [7, 11) is 4.12. The van der Waals surface area contributed by atoms with E-state index in [4.69, 9.17) is 0 Å². The zero-order valence-corrected chi connectivity index (χ0v) is 12.6. The van der Waals surface area contributed by atoms with Gasteiger partial charge < -0.3 is 4.90 Å². The van der Waals surface area contributed by atoms with Gasteiger partial charge in [-0.3, -0.25) is 9.48 Å². The van der Waals surface area contributed by atoms with Crippen LogP contribution in [0.2, 0.25) is 0 Å². The van der Waals surface area contributed by atoms with Crippen LogP contribution in [-0.2, 0) is 11.3 Å². The van der Waals surface area contributed by atoms with Crippen molar-refractivity contribution in [3.63, 3.8) is 0 Å². The molecule has 1 saturated carbocycles. The van der Waals surface area contributed by atoms with Crippen LogP contribution in [0.25, 0.3) is 0 Å². The second-order valence-electron chi connectivity index (χ2n) is 5.24. The number of Topliss-reactive ketones (excluding diaryl/α,β-unsaturated/α-hetero) is 1. The smallest absolute Gasteiger partial charge is 0.133 e. The molecule has 1 atom stereocenters. The summed E-state index contributed by atoms with van der Waals surface area (Å²) < 4.78 is 3.09. The molecule has 0 aliphatic heterocycles. The van der Waals surface area contributed by atoms with Gasteiger partial charge in [-0.2, -0.15) is 5.10 Å². The lowest BCUT2D eigenvalue weighted by molar-refractivity contribution is -0.120. The van der Waals surface area contributed by atoms with Crippen molar-refractivity contribution in [2.75, 3.05) is 20.6 Å². The highest BCUT2D eigenvalue weighted by Crippen LogP contribution is 2.34. The van der Waals surface area contributed by atoms with Crippen molar-refractivity contribution in [3.05, 3.63) is 16.4 Å². The molecule has 5 heteroatoms. The number of carbonyl (C=O) groups is 1. The van der Waals surface area contributed by atoms with Crippen molar-refractivity contribution >= 4 is 21.7 Å². The second-order valence-corrected chi connectivity index (χ2v) is 6.09. The third-order valence-electron chi connectivity index (χ3n) is 3.46. The molecule has 0 radical (unpaired) electrons. The third-order valence-corrected chi connectivity index (χ3v) is 4.07. The highest BCUT2D eigenvalue weighted by atomic mass is 79.9. The van der Waals surface area contributed by atoms with Crippen molar-refractivity contribution in [2.24, 2.45) is 0 Å². The van der Waals surface area contributed by atoms with Crippen LogP contribution in [0.4, 0.5) is 0 Å². The Morgan fingerprint density at radius 1 is 1.56 bits per heavy atom. The van der Waals surface area contributed by atoms with E-state index in [9.17, 15) is 4.79 Å². The molecule has 1 aromatic heterocycles. The highest BCUT2D eigenvalue weighted by molar-refractivity contribution is 9.10. The third kappa shape index (κ3) is 3.20. The summed E-state index contributed by atoms with van der Waals surface area (Å²) in [5.41, 5.74) is 1.20. The zero-order chi connectivity index (χ0) is 13.1. The molecule has 2 rings (SSSR count). The van der Waals surface area contributed by atoms with E-state index in [-0.39, 0.29) is 0 Å². The van der Waals surface area contributed by atoms with Gasteiger partial charge in [0.25, 0.3) is 0 Å². The first-order valence-electron chi connectivity index (χ1n) is 6.45. The van der Waals surface area contributed by atoms with E-state index >= 15 is 0 Å². The minimum absolute atomic E-state index is 0.338. The number of hydrogen-bond acceptors (Lipinski definition) is 3. The van der Waals surface area contributed by atoms with Gasteiger partial charge in [-0.1, -0.05) is 0 Å². The number of rotatable bonds is 4. The molecule has 1 unspecified atom stereocenters. The zero-order valence-electron chi connectivity index (χ0n) is 11.0. The molecule has 1 aliphatic carbocycles. The average Bonchev–Trinajstić information content (AvgIpc) is 2.68. The van der Waals surface area contributed by atoms with Crippen molar-refractivity contribution in [3.8, 4) is 0 Å². The lowest BCUT2D eigenvalue weighted by Crippen LogP contribution is -2.23. The molecule has 0 aromatic carbocycles. The maximum absolute atomic E-state index is 11.6. The van der Waals surface area contributed by atoms with E-state index in [1.807, 2.05) is 10.9 Å². The lowest BCUT2D eigenvalue weighted by Gasteiger charge is -2.23. The average molecular weight is 314 g/mol. The molecule has 0 bridgehead atoms. The Balaban J connectivity index is 2.15. The SMILES string of the molecule is CN(C)CCn1ncc(Br)c1C1CCCC(=O)C1. The number of nitrogens with zero attached hydrogens (tertiary/aromatic N) is 3. The predicted octanol–water partition coefficient (Wildman–Crippen LogP) is 2.43. The van der Waals surface area contributed by atoms with Gasteiger partial charge in [0.15, 0.2) is 0 Å². The number of halogens is 1. The molecule has 18 heavy (non-hydrogen) atoms. The summed E-state index contributed by atoms with van der Waals surface area (Å²) in [4.78, 5) is 13.7. The first-order valence-corrected chi connectivity index (χ1v) is 7.25. The standard InChI is InChI=1S/C13H20BrN3O/c1-16(2)6-7-17-13(12(14)9-15-17)10-4-3-5-11(18)8-10/h9-10H,3-8H2,1-2H3. The Morgan fingerprint density at radius 3 is 3.00 bits per heavy atom. The fraction of sp³-hybridized carbons (Fsp3) is 0.692. The summed E-state index contributed by atoms with van der Waals surface area (Å²) in [6.45, 7) is 1.83. The van der Waals surface area contributed by atoms with Crippen LogP contribution in [0.1, 0.15) is 37.3 Å². The molecule has 0 saturated heterocycles. The quantitative estimate of drug-likeness (QED) is 0.857. The first kappa shape index (κ1) is 13.7. The van der Waals surface area contributed by atoms with Crippen LogP contribution in [0.5, 0.6) is 0 Å². The maximum Gasteiger partial charge on any atom is 0.133 e. The van der Waals surface area contributed by atoms with Crippen LogP contribution < -0.4 is 0 Å². The Hall–Kier alpha value is -0.680. The lowest BCUT2D eigenvalue weighted by atomic mass is 9.86. The van der Waals surface area contributed by atoms with E-state index in [2.05, 4.69) is 40.0 Å². The van der Waals surface area contributed by atoms with Gasteiger partial charge in [0, 0.05) is 25.3 Å². The molecule has 1 aromatic rings. The van der Waals surface area contributed by atoms with E-state index in [1.165, 1.54) is 5.69 Å². The summed E-state index contributed by atoms with van der Waals surface area (Å²) in [5.74, 6) is 0.726. The molecule has 100 valence electrons. The minimum Gasteiger partial charge on any atom is -0.308 e. The van der Waals surface area contributed by atoms with E-state index in [1.54, 1.807) is 0 Å². The number of ketones is 1. The molecule has 1 heterocycles. The number of likely N-dealkylation sites (N-methyl/N-ethyl adjacent to an activating group) is 1. The van der Waals surface area contributed by atoms with Gasteiger partial charge in [-0.15, -0.1) is 0 Å². The van der Waals surface area contributed by atoms with Crippen LogP contribution in [-0.4, -0.2) is 41.1 Å². The Labute approximate surface area is 116 Å². The minimum atomic E-state index is 0.338. The van der Waals surface area contributed by atoms with Crippen molar-refractivity contribution < 1.29 is 4.79 Å². The van der Waals surface area contributed by atoms with Crippen molar-refractivity contribution in [1.82, 2.24) is 14.7 Å². The highest BCUT2D eigenvalue weighted by Gasteiger charge is 2.26. The normalized spacial score (nSPS) is 20.7. The van der Waals surface area contributed by atoms with Gasteiger partial charge in [0.05, 0.1) is 22.9 Å². The predicted molar refractivity (Wildman–Crippen MR) is 74.7 cm³/mol. The first-order chi connectivity index (χ1) is 8.58. The fourth-order valence-electron chi connectivity index (χ4n) is 2.51. The van der Waals surface area contributed by atoms with Crippen molar-refractivity contribution in [1.29, 1.82) is 0 Å². The topological polar surface area (TPSA) is 38.1 Å². The monoisotopic (exact) mass is 313 g/mol.